The Bertz CT molecular complexity index is 368. The minimum atomic E-state index is -0.341. The van der Waals surface area contributed by atoms with Crippen molar-refractivity contribution >= 4 is 5.78 Å². The number of hydrogen-bond acceptors (Lipinski definition) is 3. The Labute approximate surface area is 109 Å². The van der Waals surface area contributed by atoms with E-state index in [2.05, 4.69) is 0 Å². The van der Waals surface area contributed by atoms with Gasteiger partial charge in [0.1, 0.15) is 11.9 Å². The molecule has 1 atom stereocenters. The van der Waals surface area contributed by atoms with E-state index in [0.29, 0.717) is 18.6 Å². The number of benzene rings is 1. The lowest BCUT2D eigenvalue weighted by Crippen LogP contribution is -2.23. The first-order valence-electron chi connectivity index (χ1n) is 6.51. The molecule has 0 radical (unpaired) electrons. The summed E-state index contributed by atoms with van der Waals surface area (Å²) < 4.78 is 11.0. The molecular weight excluding hydrogens is 228 g/mol. The van der Waals surface area contributed by atoms with Crippen molar-refractivity contribution in [2.24, 2.45) is 0 Å². The number of hydrogen-bond donors (Lipinski definition) is 0. The summed E-state index contributed by atoms with van der Waals surface area (Å²) in [5.41, 5.74) is 0.673. The molecule has 0 N–H and O–H groups in total. The minimum Gasteiger partial charge on any atom is -0.491 e. The normalized spacial score (nSPS) is 12.5. The zero-order valence-electron chi connectivity index (χ0n) is 11.6. The second-order valence-corrected chi connectivity index (χ2v) is 4.41. The van der Waals surface area contributed by atoms with Crippen LogP contribution in [0.25, 0.3) is 0 Å². The molecule has 0 saturated heterocycles. The van der Waals surface area contributed by atoms with Gasteiger partial charge in [-0.3, -0.25) is 4.79 Å². The van der Waals surface area contributed by atoms with Crippen LogP contribution in [0.15, 0.2) is 24.3 Å². The Kier molecular flexibility index (Phi) is 5.86. The highest BCUT2D eigenvalue weighted by Gasteiger charge is 2.18. The van der Waals surface area contributed by atoms with Crippen LogP contribution in [0.4, 0.5) is 0 Å². The molecule has 3 heteroatoms. The van der Waals surface area contributed by atoms with Gasteiger partial charge < -0.3 is 9.47 Å². The Hall–Kier alpha value is -1.35. The summed E-state index contributed by atoms with van der Waals surface area (Å²) in [6.45, 7) is 8.35. The maximum Gasteiger partial charge on any atom is 0.191 e. The third-order valence-electron chi connectivity index (χ3n) is 2.54. The lowest BCUT2D eigenvalue weighted by molar-refractivity contribution is 0.0444. The van der Waals surface area contributed by atoms with Crippen molar-refractivity contribution in [3.63, 3.8) is 0 Å². The number of rotatable bonds is 7. The van der Waals surface area contributed by atoms with Gasteiger partial charge in [0, 0.05) is 12.2 Å². The lowest BCUT2D eigenvalue weighted by Gasteiger charge is -2.14. The molecule has 0 aliphatic heterocycles. The fourth-order valence-electron chi connectivity index (χ4n) is 1.74. The third-order valence-corrected chi connectivity index (χ3v) is 2.54. The molecule has 1 aromatic carbocycles. The average Bonchev–Trinajstić information content (AvgIpc) is 2.35. The first-order chi connectivity index (χ1) is 8.58. The number of ether oxygens (including phenoxy) is 2. The molecule has 0 spiro atoms. The van der Waals surface area contributed by atoms with Gasteiger partial charge >= 0.3 is 0 Å². The molecule has 100 valence electrons. The molecule has 0 amide bonds. The highest BCUT2D eigenvalue weighted by atomic mass is 16.5. The summed E-state index contributed by atoms with van der Waals surface area (Å²) in [5, 5.41) is 0. The van der Waals surface area contributed by atoms with Gasteiger partial charge in [-0.05, 0) is 51.5 Å². The Morgan fingerprint density at radius 2 is 1.78 bits per heavy atom. The standard InChI is InChI=1S/C15H22O3/c1-5-14(17-6-2)15(16)12-7-9-13(10-8-12)18-11(3)4/h7-11,14H,5-6H2,1-4H3. The van der Waals surface area contributed by atoms with Crippen LogP contribution in [0.1, 0.15) is 44.5 Å². The number of Topliss-reactive ketones (excluding diaryl/α,β-unsaturated/α-hetero) is 1. The van der Waals surface area contributed by atoms with Crippen molar-refractivity contribution in [3.05, 3.63) is 29.8 Å². The molecule has 0 fully saturated rings. The van der Waals surface area contributed by atoms with Gasteiger partial charge in [0.15, 0.2) is 5.78 Å². The molecule has 3 nitrogen and oxygen atoms in total. The summed E-state index contributed by atoms with van der Waals surface area (Å²) in [4.78, 5) is 12.1. The summed E-state index contributed by atoms with van der Waals surface area (Å²) in [7, 11) is 0. The van der Waals surface area contributed by atoms with E-state index in [1.807, 2.05) is 39.8 Å². The van der Waals surface area contributed by atoms with Crippen LogP contribution >= 0.6 is 0 Å². The van der Waals surface area contributed by atoms with Gasteiger partial charge in [-0.1, -0.05) is 6.92 Å². The maximum absolute atomic E-state index is 12.1. The summed E-state index contributed by atoms with van der Waals surface area (Å²) in [5.74, 6) is 0.821. The number of carbonyl (C=O) groups is 1. The summed E-state index contributed by atoms with van der Waals surface area (Å²) >= 11 is 0. The predicted octanol–water partition coefficient (Wildman–Crippen LogP) is 3.47. The molecule has 0 bridgehead atoms. The third kappa shape index (κ3) is 4.15. The first kappa shape index (κ1) is 14.7. The molecule has 0 aromatic heterocycles. The predicted molar refractivity (Wildman–Crippen MR) is 72.2 cm³/mol. The van der Waals surface area contributed by atoms with Crippen LogP contribution in [-0.2, 0) is 4.74 Å². The topological polar surface area (TPSA) is 35.5 Å². The number of carbonyl (C=O) groups excluding carboxylic acids is 1. The van der Waals surface area contributed by atoms with E-state index in [9.17, 15) is 4.79 Å². The summed E-state index contributed by atoms with van der Waals surface area (Å²) in [6.07, 6.45) is 0.488. The van der Waals surface area contributed by atoms with Crippen molar-refractivity contribution in [2.75, 3.05) is 6.61 Å². The van der Waals surface area contributed by atoms with Crippen LogP contribution in [-0.4, -0.2) is 24.6 Å². The quantitative estimate of drug-likeness (QED) is 0.695. The van der Waals surface area contributed by atoms with Crippen LogP contribution in [0, 0.1) is 0 Å². The van der Waals surface area contributed by atoms with Crippen molar-refractivity contribution in [2.45, 2.75) is 46.3 Å². The van der Waals surface area contributed by atoms with E-state index in [1.165, 1.54) is 0 Å². The largest absolute Gasteiger partial charge is 0.491 e. The van der Waals surface area contributed by atoms with E-state index in [1.54, 1.807) is 12.1 Å². The fourth-order valence-corrected chi connectivity index (χ4v) is 1.74. The zero-order chi connectivity index (χ0) is 13.5. The molecule has 0 aliphatic carbocycles. The van der Waals surface area contributed by atoms with E-state index < -0.39 is 0 Å². The van der Waals surface area contributed by atoms with Gasteiger partial charge in [-0.25, -0.2) is 0 Å². The Morgan fingerprint density at radius 3 is 2.22 bits per heavy atom. The Morgan fingerprint density at radius 1 is 1.17 bits per heavy atom. The average molecular weight is 250 g/mol. The minimum absolute atomic E-state index is 0.0375. The SMILES string of the molecule is CCOC(CC)C(=O)c1ccc(OC(C)C)cc1. The zero-order valence-corrected chi connectivity index (χ0v) is 11.6. The van der Waals surface area contributed by atoms with Crippen molar-refractivity contribution in [3.8, 4) is 5.75 Å². The van der Waals surface area contributed by atoms with E-state index in [0.717, 1.165) is 5.75 Å². The highest BCUT2D eigenvalue weighted by Crippen LogP contribution is 2.16. The van der Waals surface area contributed by atoms with Crippen LogP contribution < -0.4 is 4.74 Å². The molecule has 0 heterocycles. The molecule has 18 heavy (non-hydrogen) atoms. The summed E-state index contributed by atoms with van der Waals surface area (Å²) in [6, 6.07) is 7.24. The van der Waals surface area contributed by atoms with Gasteiger partial charge in [-0.2, -0.15) is 0 Å². The molecular formula is C15H22O3. The van der Waals surface area contributed by atoms with Gasteiger partial charge in [0.25, 0.3) is 0 Å². The van der Waals surface area contributed by atoms with E-state index in [4.69, 9.17) is 9.47 Å². The molecule has 1 unspecified atom stereocenters. The first-order valence-corrected chi connectivity index (χ1v) is 6.51. The second-order valence-electron chi connectivity index (χ2n) is 4.41. The van der Waals surface area contributed by atoms with E-state index in [-0.39, 0.29) is 18.0 Å². The molecule has 1 rings (SSSR count). The van der Waals surface area contributed by atoms with Gasteiger partial charge in [-0.15, -0.1) is 0 Å². The van der Waals surface area contributed by atoms with Crippen LogP contribution in [0.5, 0.6) is 5.75 Å². The van der Waals surface area contributed by atoms with Gasteiger partial charge in [0.2, 0.25) is 0 Å². The van der Waals surface area contributed by atoms with Crippen molar-refractivity contribution in [1.82, 2.24) is 0 Å². The highest BCUT2D eigenvalue weighted by molar-refractivity contribution is 5.99. The maximum atomic E-state index is 12.1. The van der Waals surface area contributed by atoms with Crippen LogP contribution in [0.3, 0.4) is 0 Å². The van der Waals surface area contributed by atoms with E-state index >= 15 is 0 Å². The lowest BCUT2D eigenvalue weighted by atomic mass is 10.0. The van der Waals surface area contributed by atoms with Crippen molar-refractivity contribution < 1.29 is 14.3 Å². The smallest absolute Gasteiger partial charge is 0.191 e. The molecule has 0 saturated carbocycles. The molecule has 1 aromatic rings. The van der Waals surface area contributed by atoms with Crippen molar-refractivity contribution in [1.29, 1.82) is 0 Å². The fraction of sp³-hybridized carbons (Fsp3) is 0.533. The van der Waals surface area contributed by atoms with Crippen LogP contribution in [0.2, 0.25) is 0 Å². The second kappa shape index (κ2) is 7.17. The Balaban J connectivity index is 2.74. The molecule has 0 aliphatic rings. The van der Waals surface area contributed by atoms with Gasteiger partial charge in [0.05, 0.1) is 6.10 Å². The number of ketones is 1. The monoisotopic (exact) mass is 250 g/mol.